The second-order valence-electron chi connectivity index (χ2n) is 2.98. The lowest BCUT2D eigenvalue weighted by molar-refractivity contribution is -0.143. The molecule has 0 aromatic carbocycles. The first-order valence-corrected chi connectivity index (χ1v) is 5.23. The molecular weight excluding hydrogens is 150 g/mol. The van der Waals surface area contributed by atoms with Crippen molar-refractivity contribution in [2.24, 2.45) is 0 Å². The average molecular weight is 173 g/mol. The van der Waals surface area contributed by atoms with Gasteiger partial charge < -0.3 is 10.1 Å². The molecule has 3 rings (SSSR count). The molecule has 2 nitrogen and oxygen atoms in total. The van der Waals surface area contributed by atoms with E-state index in [1.807, 2.05) is 13.8 Å². The van der Waals surface area contributed by atoms with Crippen LogP contribution in [0.5, 0.6) is 0 Å². The molecule has 2 bridgehead atoms. The van der Waals surface area contributed by atoms with Crippen molar-refractivity contribution in [1.82, 2.24) is 5.32 Å². The van der Waals surface area contributed by atoms with Crippen molar-refractivity contribution in [3.63, 3.8) is 0 Å². The van der Waals surface area contributed by atoms with Gasteiger partial charge in [0.1, 0.15) is 0 Å². The summed E-state index contributed by atoms with van der Waals surface area (Å²) >= 11 is 0. The maximum absolute atomic E-state index is 5.31. The molecule has 3 heterocycles. The van der Waals surface area contributed by atoms with E-state index in [1.54, 1.807) is 0 Å². The molecular formula is C10H23NO. The topological polar surface area (TPSA) is 21.3 Å². The van der Waals surface area contributed by atoms with Crippen LogP contribution in [0.1, 0.15) is 40.5 Å². The fourth-order valence-corrected chi connectivity index (χ4v) is 1.22. The second-order valence-corrected chi connectivity index (χ2v) is 2.98. The van der Waals surface area contributed by atoms with E-state index in [-0.39, 0.29) is 0 Å². The van der Waals surface area contributed by atoms with Gasteiger partial charge in [0, 0.05) is 19.5 Å². The number of fused-ring (bicyclic) bond motifs is 2. The molecule has 0 saturated carbocycles. The van der Waals surface area contributed by atoms with Crippen LogP contribution in [0.3, 0.4) is 0 Å². The molecule has 0 spiro atoms. The highest BCUT2D eigenvalue weighted by Crippen LogP contribution is 2.22. The molecule has 2 heteroatoms. The fraction of sp³-hybridized carbons (Fsp3) is 1.00. The Labute approximate surface area is 76.7 Å². The first-order chi connectivity index (χ1) is 5.86. The predicted octanol–water partition coefficient (Wildman–Crippen LogP) is 2.19. The molecule has 2 unspecified atom stereocenters. The van der Waals surface area contributed by atoms with Crippen LogP contribution in [0.25, 0.3) is 0 Å². The molecule has 0 amide bonds. The van der Waals surface area contributed by atoms with Gasteiger partial charge in [0.15, 0.2) is 0 Å². The quantitative estimate of drug-likeness (QED) is 0.606. The molecule has 3 aliphatic heterocycles. The van der Waals surface area contributed by atoms with Crippen LogP contribution < -0.4 is 5.32 Å². The molecule has 74 valence electrons. The van der Waals surface area contributed by atoms with Gasteiger partial charge in [0.05, 0.1) is 12.2 Å². The van der Waals surface area contributed by atoms with Gasteiger partial charge >= 0.3 is 0 Å². The van der Waals surface area contributed by atoms with E-state index < -0.39 is 0 Å². The molecule has 3 fully saturated rings. The Hall–Kier alpha value is -0.0800. The van der Waals surface area contributed by atoms with Gasteiger partial charge in [-0.3, -0.25) is 0 Å². The number of piperidine rings is 1. The third-order valence-electron chi connectivity index (χ3n) is 1.65. The van der Waals surface area contributed by atoms with Gasteiger partial charge in [-0.2, -0.15) is 0 Å². The molecule has 0 aromatic rings. The minimum atomic E-state index is 0.568. The monoisotopic (exact) mass is 173 g/mol. The molecule has 3 saturated heterocycles. The first-order valence-electron chi connectivity index (χ1n) is 5.23. The van der Waals surface area contributed by atoms with E-state index in [9.17, 15) is 0 Å². The molecule has 3 aliphatic rings. The molecule has 1 N–H and O–H groups in total. The third-order valence-corrected chi connectivity index (χ3v) is 1.65. The van der Waals surface area contributed by atoms with Crippen molar-refractivity contribution in [3.05, 3.63) is 0 Å². The van der Waals surface area contributed by atoms with Crippen molar-refractivity contribution in [3.8, 4) is 0 Å². The highest BCUT2D eigenvalue weighted by Gasteiger charge is 2.33. The smallest absolute Gasteiger partial charge is 0.0729 e. The number of hydrogen-bond donors (Lipinski definition) is 1. The second kappa shape index (κ2) is 7.56. The lowest BCUT2D eigenvalue weighted by atomic mass is 10.0. The lowest BCUT2D eigenvalue weighted by Gasteiger charge is -2.41. The number of ether oxygens (including phenoxy) is 1. The minimum Gasteiger partial charge on any atom is -0.372 e. The van der Waals surface area contributed by atoms with Crippen LogP contribution in [0, 0.1) is 0 Å². The van der Waals surface area contributed by atoms with Gasteiger partial charge in [0.25, 0.3) is 0 Å². The average Bonchev–Trinajstić information content (AvgIpc) is 2.10. The van der Waals surface area contributed by atoms with E-state index in [2.05, 4.69) is 19.2 Å². The van der Waals surface area contributed by atoms with Gasteiger partial charge in [-0.15, -0.1) is 0 Å². The van der Waals surface area contributed by atoms with Crippen LogP contribution in [-0.4, -0.2) is 25.3 Å². The Morgan fingerprint density at radius 3 is 1.58 bits per heavy atom. The first kappa shape index (κ1) is 11.9. The van der Waals surface area contributed by atoms with Gasteiger partial charge in [-0.25, -0.2) is 0 Å². The molecule has 2 atom stereocenters. The summed E-state index contributed by atoms with van der Waals surface area (Å²) < 4.78 is 5.31. The lowest BCUT2D eigenvalue weighted by Crippen LogP contribution is -2.55. The summed E-state index contributed by atoms with van der Waals surface area (Å²) in [6.07, 6.45) is 3.69. The summed E-state index contributed by atoms with van der Waals surface area (Å²) in [6.45, 7) is 10.4. The van der Waals surface area contributed by atoms with Gasteiger partial charge in [-0.1, -0.05) is 34.1 Å². The van der Waals surface area contributed by atoms with Crippen molar-refractivity contribution in [1.29, 1.82) is 0 Å². The predicted molar refractivity (Wildman–Crippen MR) is 53.5 cm³/mol. The highest BCUT2D eigenvalue weighted by atomic mass is 16.5. The van der Waals surface area contributed by atoms with Crippen molar-refractivity contribution in [2.75, 3.05) is 13.1 Å². The maximum Gasteiger partial charge on any atom is 0.0729 e. The van der Waals surface area contributed by atoms with Crippen LogP contribution in [-0.2, 0) is 4.74 Å². The minimum absolute atomic E-state index is 0.568. The van der Waals surface area contributed by atoms with Crippen molar-refractivity contribution >= 4 is 0 Å². The molecule has 0 aliphatic carbocycles. The summed E-state index contributed by atoms with van der Waals surface area (Å²) in [5.41, 5.74) is 0. The Morgan fingerprint density at radius 1 is 1.17 bits per heavy atom. The van der Waals surface area contributed by atoms with Crippen LogP contribution in [0.15, 0.2) is 0 Å². The third kappa shape index (κ3) is 4.07. The van der Waals surface area contributed by atoms with Gasteiger partial charge in [-0.05, 0) is 0 Å². The van der Waals surface area contributed by atoms with E-state index in [1.165, 1.54) is 12.8 Å². The molecule has 12 heavy (non-hydrogen) atoms. The van der Waals surface area contributed by atoms with Crippen LogP contribution in [0.2, 0.25) is 0 Å². The Balaban J connectivity index is 0.000000211. The number of nitrogens with one attached hydrogen (secondary N) is 1. The van der Waals surface area contributed by atoms with Crippen molar-refractivity contribution < 1.29 is 4.74 Å². The number of morpholine rings is 1. The Kier molecular flexibility index (Phi) is 7.51. The summed E-state index contributed by atoms with van der Waals surface area (Å²) in [6, 6.07) is 0. The zero-order valence-electron chi connectivity index (χ0n) is 8.89. The van der Waals surface area contributed by atoms with E-state index >= 15 is 0 Å². The summed E-state index contributed by atoms with van der Waals surface area (Å²) in [5, 5.41) is 3.26. The Morgan fingerprint density at radius 2 is 1.50 bits per heavy atom. The summed E-state index contributed by atoms with van der Waals surface area (Å²) in [4.78, 5) is 0. The molecule has 0 aromatic heterocycles. The Bertz CT molecular complexity index is 76.3. The zero-order chi connectivity index (χ0) is 9.40. The maximum atomic E-state index is 5.31. The highest BCUT2D eigenvalue weighted by molar-refractivity contribution is 4.86. The summed E-state index contributed by atoms with van der Waals surface area (Å²) in [5.74, 6) is 0. The summed E-state index contributed by atoms with van der Waals surface area (Å²) in [7, 11) is 0. The SMILES string of the molecule is C1NCC2CC1O2.CC.CCC. The van der Waals surface area contributed by atoms with E-state index in [0.717, 1.165) is 13.1 Å². The standard InChI is InChI=1S/C5H9NO.C3H8.C2H6/c1-4-2-6-3-5(1)7-4;1-3-2;1-2/h4-6H,1-3H2;3H2,1-2H3;1-2H3. The largest absolute Gasteiger partial charge is 0.372 e. The number of hydrogen-bond acceptors (Lipinski definition) is 2. The normalized spacial score (nSPS) is 30.0. The number of rotatable bonds is 0. The zero-order valence-corrected chi connectivity index (χ0v) is 8.89. The van der Waals surface area contributed by atoms with E-state index in [4.69, 9.17) is 4.74 Å². The molecule has 0 radical (unpaired) electrons. The van der Waals surface area contributed by atoms with Crippen molar-refractivity contribution in [2.45, 2.75) is 52.7 Å². The van der Waals surface area contributed by atoms with Crippen LogP contribution >= 0.6 is 0 Å². The van der Waals surface area contributed by atoms with Crippen LogP contribution in [0.4, 0.5) is 0 Å². The van der Waals surface area contributed by atoms with Gasteiger partial charge in [0.2, 0.25) is 0 Å². The van der Waals surface area contributed by atoms with E-state index in [0.29, 0.717) is 12.2 Å². The fourth-order valence-electron chi connectivity index (χ4n) is 1.22.